The Morgan fingerprint density at radius 3 is 2.90 bits per heavy atom. The zero-order valence-electron chi connectivity index (χ0n) is 10.8. The maximum absolute atomic E-state index is 4.44. The van der Waals surface area contributed by atoms with Crippen molar-refractivity contribution in [1.82, 2.24) is 9.55 Å². The number of rotatable bonds is 5. The van der Waals surface area contributed by atoms with Crippen molar-refractivity contribution in [2.75, 3.05) is 11.9 Å². The Balaban J connectivity index is 1.65. The molecule has 0 radical (unpaired) electrons. The Kier molecular flexibility index (Phi) is 4.18. The van der Waals surface area contributed by atoms with Crippen LogP contribution in [0.25, 0.3) is 10.7 Å². The number of thiophene rings is 1. The molecule has 0 aliphatic heterocycles. The van der Waals surface area contributed by atoms with Crippen molar-refractivity contribution in [3.05, 3.63) is 58.6 Å². The molecule has 0 spiro atoms. The molecule has 3 nitrogen and oxygen atoms in total. The van der Waals surface area contributed by atoms with Gasteiger partial charge in [-0.15, -0.1) is 11.3 Å². The van der Waals surface area contributed by atoms with E-state index in [2.05, 4.69) is 54.4 Å². The molecule has 102 valence electrons. The number of nitrogens with one attached hydrogen (secondary N) is 1. The van der Waals surface area contributed by atoms with Crippen molar-refractivity contribution in [3.8, 4) is 10.7 Å². The molecule has 2 heterocycles. The summed E-state index contributed by atoms with van der Waals surface area (Å²) in [5.74, 6) is 1.04. The van der Waals surface area contributed by atoms with Gasteiger partial charge in [-0.25, -0.2) is 4.98 Å². The van der Waals surface area contributed by atoms with E-state index < -0.39 is 0 Å². The topological polar surface area (TPSA) is 29.9 Å². The molecule has 0 saturated heterocycles. The van der Waals surface area contributed by atoms with Gasteiger partial charge in [0.1, 0.15) is 5.82 Å². The summed E-state index contributed by atoms with van der Waals surface area (Å²) in [6, 6.07) is 12.3. The van der Waals surface area contributed by atoms with Gasteiger partial charge in [-0.1, -0.05) is 18.2 Å². The lowest BCUT2D eigenvalue weighted by Gasteiger charge is -2.10. The van der Waals surface area contributed by atoms with E-state index >= 15 is 0 Å². The number of anilines is 1. The number of para-hydroxylation sites is 1. The van der Waals surface area contributed by atoms with Crippen molar-refractivity contribution in [1.29, 1.82) is 0 Å². The maximum atomic E-state index is 4.44. The lowest BCUT2D eigenvalue weighted by atomic mass is 10.3. The van der Waals surface area contributed by atoms with Crippen LogP contribution in [0.3, 0.4) is 0 Å². The Hall–Kier alpha value is -1.59. The molecular formula is C15H14BrN3S. The normalized spacial score (nSPS) is 10.7. The molecular weight excluding hydrogens is 334 g/mol. The quantitative estimate of drug-likeness (QED) is 0.736. The molecule has 0 aliphatic rings. The maximum Gasteiger partial charge on any atom is 0.150 e. The molecule has 0 saturated carbocycles. The van der Waals surface area contributed by atoms with Gasteiger partial charge < -0.3 is 9.88 Å². The fourth-order valence-electron chi connectivity index (χ4n) is 2.04. The standard InChI is InChI=1S/C15H14BrN3S/c16-12-4-1-2-5-13(12)17-7-9-19-10-8-18-15(19)14-6-3-11-20-14/h1-6,8,10-11,17H,7,9H2. The van der Waals surface area contributed by atoms with Crippen LogP contribution in [0.5, 0.6) is 0 Å². The molecule has 3 aromatic rings. The van der Waals surface area contributed by atoms with E-state index in [-0.39, 0.29) is 0 Å². The summed E-state index contributed by atoms with van der Waals surface area (Å²) < 4.78 is 3.26. The molecule has 0 atom stereocenters. The first kappa shape index (κ1) is 13.4. The van der Waals surface area contributed by atoms with Gasteiger partial charge in [-0.2, -0.15) is 0 Å². The minimum Gasteiger partial charge on any atom is -0.382 e. The molecule has 0 fully saturated rings. The van der Waals surface area contributed by atoms with Crippen molar-refractivity contribution in [2.24, 2.45) is 0 Å². The second-order valence-electron chi connectivity index (χ2n) is 4.33. The second kappa shape index (κ2) is 6.24. The SMILES string of the molecule is Brc1ccccc1NCCn1ccnc1-c1cccs1. The third kappa shape index (κ3) is 2.94. The zero-order chi connectivity index (χ0) is 13.8. The predicted octanol–water partition coefficient (Wildman–Crippen LogP) is 4.49. The summed E-state index contributed by atoms with van der Waals surface area (Å²) in [6.07, 6.45) is 3.88. The molecule has 0 aliphatic carbocycles. The van der Waals surface area contributed by atoms with Crippen LogP contribution < -0.4 is 5.32 Å². The molecule has 2 aromatic heterocycles. The summed E-state index contributed by atoms with van der Waals surface area (Å²) in [5, 5.41) is 5.51. The Morgan fingerprint density at radius 1 is 1.20 bits per heavy atom. The minimum atomic E-state index is 0.858. The zero-order valence-corrected chi connectivity index (χ0v) is 13.2. The first-order valence-electron chi connectivity index (χ1n) is 6.38. The largest absolute Gasteiger partial charge is 0.382 e. The first-order chi connectivity index (χ1) is 9.84. The number of halogens is 1. The smallest absolute Gasteiger partial charge is 0.150 e. The van der Waals surface area contributed by atoms with Crippen LogP contribution in [-0.2, 0) is 6.54 Å². The summed E-state index contributed by atoms with van der Waals surface area (Å²) in [6.45, 7) is 1.74. The van der Waals surface area contributed by atoms with Crippen LogP contribution in [0.15, 0.2) is 58.6 Å². The van der Waals surface area contributed by atoms with Gasteiger partial charge >= 0.3 is 0 Å². The van der Waals surface area contributed by atoms with Gasteiger partial charge in [-0.05, 0) is 39.5 Å². The summed E-state index contributed by atoms with van der Waals surface area (Å²) in [5.41, 5.74) is 1.12. The molecule has 0 unspecified atom stereocenters. The monoisotopic (exact) mass is 347 g/mol. The molecule has 0 amide bonds. The highest BCUT2D eigenvalue weighted by molar-refractivity contribution is 9.10. The van der Waals surface area contributed by atoms with E-state index in [0.29, 0.717) is 0 Å². The number of nitrogens with zero attached hydrogens (tertiary/aromatic N) is 2. The highest BCUT2D eigenvalue weighted by Gasteiger charge is 2.06. The fourth-order valence-corrected chi connectivity index (χ4v) is 3.20. The van der Waals surface area contributed by atoms with Crippen molar-refractivity contribution in [3.63, 3.8) is 0 Å². The molecule has 3 rings (SSSR count). The van der Waals surface area contributed by atoms with Gasteiger partial charge in [0.15, 0.2) is 0 Å². The lowest BCUT2D eigenvalue weighted by molar-refractivity contribution is 0.736. The van der Waals surface area contributed by atoms with Crippen molar-refractivity contribution >= 4 is 33.0 Å². The van der Waals surface area contributed by atoms with Gasteiger partial charge in [0.2, 0.25) is 0 Å². The fraction of sp³-hybridized carbons (Fsp3) is 0.133. The van der Waals surface area contributed by atoms with Gasteiger partial charge in [0.05, 0.1) is 4.88 Å². The van der Waals surface area contributed by atoms with E-state index in [1.54, 1.807) is 11.3 Å². The third-order valence-corrected chi connectivity index (χ3v) is 4.56. The van der Waals surface area contributed by atoms with E-state index in [0.717, 1.165) is 29.1 Å². The van der Waals surface area contributed by atoms with Gasteiger partial charge in [0, 0.05) is 35.6 Å². The number of benzene rings is 1. The Morgan fingerprint density at radius 2 is 2.10 bits per heavy atom. The molecule has 1 N–H and O–H groups in total. The average Bonchev–Trinajstić information content (AvgIpc) is 3.11. The van der Waals surface area contributed by atoms with Gasteiger partial charge in [-0.3, -0.25) is 0 Å². The number of hydrogen-bond donors (Lipinski definition) is 1. The van der Waals surface area contributed by atoms with Crippen LogP contribution in [0, 0.1) is 0 Å². The van der Waals surface area contributed by atoms with Gasteiger partial charge in [0.25, 0.3) is 0 Å². The molecule has 1 aromatic carbocycles. The molecule has 5 heteroatoms. The van der Waals surface area contributed by atoms with Crippen LogP contribution in [0.4, 0.5) is 5.69 Å². The van der Waals surface area contributed by atoms with E-state index in [1.807, 2.05) is 30.6 Å². The number of hydrogen-bond acceptors (Lipinski definition) is 3. The van der Waals surface area contributed by atoms with Crippen LogP contribution in [0.1, 0.15) is 0 Å². The van der Waals surface area contributed by atoms with E-state index in [1.165, 1.54) is 4.88 Å². The van der Waals surface area contributed by atoms with Crippen LogP contribution >= 0.6 is 27.3 Å². The summed E-state index contributed by atoms with van der Waals surface area (Å²) in [4.78, 5) is 5.64. The lowest BCUT2D eigenvalue weighted by Crippen LogP contribution is -2.11. The second-order valence-corrected chi connectivity index (χ2v) is 6.13. The van der Waals surface area contributed by atoms with Crippen molar-refractivity contribution in [2.45, 2.75) is 6.54 Å². The van der Waals surface area contributed by atoms with Crippen LogP contribution in [-0.4, -0.2) is 16.1 Å². The average molecular weight is 348 g/mol. The molecule has 20 heavy (non-hydrogen) atoms. The molecule has 0 bridgehead atoms. The third-order valence-electron chi connectivity index (χ3n) is 3.00. The van der Waals surface area contributed by atoms with Crippen LogP contribution in [0.2, 0.25) is 0 Å². The number of imidazole rings is 1. The Labute approximate surface area is 130 Å². The van der Waals surface area contributed by atoms with E-state index in [9.17, 15) is 0 Å². The predicted molar refractivity (Wildman–Crippen MR) is 88.2 cm³/mol. The summed E-state index contributed by atoms with van der Waals surface area (Å²) >= 11 is 5.26. The van der Waals surface area contributed by atoms with Crippen molar-refractivity contribution < 1.29 is 0 Å². The van der Waals surface area contributed by atoms with E-state index in [4.69, 9.17) is 0 Å². The summed E-state index contributed by atoms with van der Waals surface area (Å²) in [7, 11) is 0. The number of aromatic nitrogens is 2. The Bertz CT molecular complexity index is 676. The minimum absolute atomic E-state index is 0.858. The highest BCUT2D eigenvalue weighted by atomic mass is 79.9. The highest BCUT2D eigenvalue weighted by Crippen LogP contribution is 2.23. The first-order valence-corrected chi connectivity index (χ1v) is 8.05.